The Morgan fingerprint density at radius 3 is 2.70 bits per heavy atom. The summed E-state index contributed by atoms with van der Waals surface area (Å²) < 4.78 is 4.84. The first kappa shape index (κ1) is 7.54. The summed E-state index contributed by atoms with van der Waals surface area (Å²) >= 11 is 0. The highest BCUT2D eigenvalue weighted by Gasteiger charge is 2.35. The van der Waals surface area contributed by atoms with Crippen LogP contribution in [0.4, 0.5) is 0 Å². The third-order valence-corrected chi connectivity index (χ3v) is 1.75. The molecule has 0 aromatic carbocycles. The first-order valence-corrected chi connectivity index (χ1v) is 3.45. The normalized spacial score (nSPS) is 31.5. The highest BCUT2D eigenvalue weighted by molar-refractivity contribution is 5.76. The summed E-state index contributed by atoms with van der Waals surface area (Å²) in [4.78, 5) is 11.0. The van der Waals surface area contributed by atoms with Gasteiger partial charge in [0.05, 0.1) is 5.41 Å². The van der Waals surface area contributed by atoms with Crippen LogP contribution in [0.5, 0.6) is 0 Å². The molecular weight excluding hydrogens is 130 g/mol. The number of nitrogens with two attached hydrogens (primary N) is 1. The Hall–Kier alpha value is -0.570. The van der Waals surface area contributed by atoms with Crippen molar-refractivity contribution in [2.75, 3.05) is 6.61 Å². The van der Waals surface area contributed by atoms with Crippen molar-refractivity contribution in [3.05, 3.63) is 0 Å². The quantitative estimate of drug-likeness (QED) is 0.496. The maximum Gasteiger partial charge on any atom is 0.311 e. The third-order valence-electron chi connectivity index (χ3n) is 1.75. The third kappa shape index (κ3) is 1.29. The molecule has 0 spiro atoms. The van der Waals surface area contributed by atoms with Gasteiger partial charge in [-0.3, -0.25) is 4.79 Å². The summed E-state index contributed by atoms with van der Waals surface area (Å²) in [5.74, 6) is -0.130. The molecule has 0 aromatic rings. The fraction of sp³-hybridized carbons (Fsp3) is 0.857. The van der Waals surface area contributed by atoms with E-state index in [4.69, 9.17) is 10.5 Å². The van der Waals surface area contributed by atoms with Crippen molar-refractivity contribution < 1.29 is 9.53 Å². The van der Waals surface area contributed by atoms with Crippen molar-refractivity contribution in [2.45, 2.75) is 26.3 Å². The highest BCUT2D eigenvalue weighted by Crippen LogP contribution is 2.27. The topological polar surface area (TPSA) is 52.3 Å². The van der Waals surface area contributed by atoms with Gasteiger partial charge < -0.3 is 10.5 Å². The molecule has 1 fully saturated rings. The van der Waals surface area contributed by atoms with E-state index in [1.807, 2.05) is 13.8 Å². The fourth-order valence-electron chi connectivity index (χ4n) is 1.18. The van der Waals surface area contributed by atoms with Gasteiger partial charge in [0.1, 0.15) is 6.61 Å². The summed E-state index contributed by atoms with van der Waals surface area (Å²) in [5.41, 5.74) is 5.22. The lowest BCUT2D eigenvalue weighted by molar-refractivity contribution is -0.160. The molecule has 58 valence electrons. The number of carbonyl (C=O) groups is 1. The van der Waals surface area contributed by atoms with Gasteiger partial charge in [0, 0.05) is 6.04 Å². The molecule has 10 heavy (non-hydrogen) atoms. The molecule has 1 atom stereocenters. The first-order valence-electron chi connectivity index (χ1n) is 3.45. The van der Waals surface area contributed by atoms with Crippen LogP contribution in [-0.4, -0.2) is 18.6 Å². The van der Waals surface area contributed by atoms with Gasteiger partial charge in [0.15, 0.2) is 0 Å². The van der Waals surface area contributed by atoms with Crippen molar-refractivity contribution >= 4 is 5.97 Å². The van der Waals surface area contributed by atoms with Gasteiger partial charge in [-0.1, -0.05) is 0 Å². The molecule has 3 nitrogen and oxygen atoms in total. The zero-order valence-electron chi connectivity index (χ0n) is 6.39. The van der Waals surface area contributed by atoms with Gasteiger partial charge in [0.25, 0.3) is 0 Å². The molecule has 1 unspecified atom stereocenters. The number of hydrogen-bond acceptors (Lipinski definition) is 3. The Balaban J connectivity index is 2.63. The number of carbonyl (C=O) groups excluding carboxylic acids is 1. The van der Waals surface area contributed by atoms with E-state index in [0.29, 0.717) is 6.61 Å². The maximum absolute atomic E-state index is 11.0. The lowest BCUT2D eigenvalue weighted by Crippen LogP contribution is -2.43. The Morgan fingerprint density at radius 1 is 1.70 bits per heavy atom. The Labute approximate surface area is 60.5 Å². The second kappa shape index (κ2) is 2.23. The monoisotopic (exact) mass is 143 g/mol. The van der Waals surface area contributed by atoms with Crippen LogP contribution in [0.25, 0.3) is 0 Å². The molecule has 1 rings (SSSR count). The Morgan fingerprint density at radius 2 is 2.30 bits per heavy atom. The van der Waals surface area contributed by atoms with Gasteiger partial charge in [-0.15, -0.1) is 0 Å². The maximum atomic E-state index is 11.0. The molecule has 1 heterocycles. The number of hydrogen-bond donors (Lipinski definition) is 1. The van der Waals surface area contributed by atoms with Crippen molar-refractivity contribution in [1.82, 2.24) is 0 Å². The predicted molar refractivity (Wildman–Crippen MR) is 37.3 cm³/mol. The molecule has 0 amide bonds. The van der Waals surface area contributed by atoms with Gasteiger partial charge in [-0.2, -0.15) is 0 Å². The summed E-state index contributed by atoms with van der Waals surface area (Å²) in [6, 6.07) is 0.0210. The molecule has 0 bridgehead atoms. The average molecular weight is 143 g/mol. The van der Waals surface area contributed by atoms with Crippen molar-refractivity contribution in [1.29, 1.82) is 0 Å². The number of ether oxygens (including phenoxy) is 1. The molecular formula is C7H13NO2. The Kier molecular flexibility index (Phi) is 1.68. The molecule has 2 N–H and O–H groups in total. The number of cyclic esters (lactones) is 1. The molecule has 0 radical (unpaired) electrons. The van der Waals surface area contributed by atoms with E-state index in [2.05, 4.69) is 0 Å². The van der Waals surface area contributed by atoms with Gasteiger partial charge >= 0.3 is 5.97 Å². The summed E-state index contributed by atoms with van der Waals surface area (Å²) in [6.07, 6.45) is 0.728. The van der Waals surface area contributed by atoms with E-state index in [1.54, 1.807) is 0 Å². The fourth-order valence-corrected chi connectivity index (χ4v) is 1.18. The Bertz CT molecular complexity index is 154. The van der Waals surface area contributed by atoms with Gasteiger partial charge in [-0.25, -0.2) is 0 Å². The zero-order chi connectivity index (χ0) is 7.78. The van der Waals surface area contributed by atoms with Gasteiger partial charge in [-0.05, 0) is 20.3 Å². The molecule has 1 aliphatic rings. The van der Waals surface area contributed by atoms with Crippen LogP contribution >= 0.6 is 0 Å². The second-order valence-electron chi connectivity index (χ2n) is 3.45. The standard InChI is InChI=1S/C7H13NO2/c1-7(2)3-5(8)4-10-6(7)9/h5H,3-4,8H2,1-2H3. The number of esters is 1. The smallest absolute Gasteiger partial charge is 0.311 e. The lowest BCUT2D eigenvalue weighted by atomic mass is 9.84. The van der Waals surface area contributed by atoms with Crippen LogP contribution in [0.2, 0.25) is 0 Å². The van der Waals surface area contributed by atoms with E-state index < -0.39 is 0 Å². The minimum atomic E-state index is -0.377. The van der Waals surface area contributed by atoms with Crippen LogP contribution < -0.4 is 5.73 Å². The average Bonchev–Trinajstić information content (AvgIpc) is 1.78. The summed E-state index contributed by atoms with van der Waals surface area (Å²) in [5, 5.41) is 0. The molecule has 1 aliphatic heterocycles. The van der Waals surface area contributed by atoms with Crippen molar-refractivity contribution in [3.63, 3.8) is 0 Å². The van der Waals surface area contributed by atoms with Crippen LogP contribution in [0, 0.1) is 5.41 Å². The van der Waals surface area contributed by atoms with Crippen molar-refractivity contribution in [3.8, 4) is 0 Å². The molecule has 0 aromatic heterocycles. The van der Waals surface area contributed by atoms with Crippen LogP contribution in [-0.2, 0) is 9.53 Å². The largest absolute Gasteiger partial charge is 0.464 e. The molecule has 1 saturated heterocycles. The second-order valence-corrected chi connectivity index (χ2v) is 3.45. The van der Waals surface area contributed by atoms with E-state index in [1.165, 1.54) is 0 Å². The number of rotatable bonds is 0. The van der Waals surface area contributed by atoms with E-state index in [0.717, 1.165) is 6.42 Å². The summed E-state index contributed by atoms with van der Waals surface area (Å²) in [6.45, 7) is 4.09. The van der Waals surface area contributed by atoms with Gasteiger partial charge in [0.2, 0.25) is 0 Å². The first-order chi connectivity index (χ1) is 4.52. The van der Waals surface area contributed by atoms with E-state index in [9.17, 15) is 4.79 Å². The molecule has 0 saturated carbocycles. The van der Waals surface area contributed by atoms with E-state index >= 15 is 0 Å². The highest BCUT2D eigenvalue weighted by atomic mass is 16.5. The molecule has 0 aliphatic carbocycles. The molecule has 3 heteroatoms. The minimum Gasteiger partial charge on any atom is -0.464 e. The van der Waals surface area contributed by atoms with Crippen LogP contribution in [0.1, 0.15) is 20.3 Å². The van der Waals surface area contributed by atoms with Crippen LogP contribution in [0.3, 0.4) is 0 Å². The van der Waals surface area contributed by atoms with E-state index in [-0.39, 0.29) is 17.4 Å². The minimum absolute atomic E-state index is 0.0210. The van der Waals surface area contributed by atoms with Crippen molar-refractivity contribution in [2.24, 2.45) is 11.1 Å². The SMILES string of the molecule is CC1(C)CC(N)COC1=O. The summed E-state index contributed by atoms with van der Waals surface area (Å²) in [7, 11) is 0. The predicted octanol–water partition coefficient (Wildman–Crippen LogP) is 0.287. The lowest BCUT2D eigenvalue weighted by Gasteiger charge is -2.31. The zero-order valence-corrected chi connectivity index (χ0v) is 6.39. The van der Waals surface area contributed by atoms with Crippen LogP contribution in [0.15, 0.2) is 0 Å².